The van der Waals surface area contributed by atoms with Gasteiger partial charge >= 0.3 is 0 Å². The van der Waals surface area contributed by atoms with Crippen LogP contribution in [0.4, 0.5) is 0 Å². The molecule has 0 heterocycles. The molecule has 4 fully saturated rings. The standard InChI is InChI=1S/C15H24O2/c1-13(2,17-16)6-5-7-14(3)10-8-11-12(9-10)15(11,14)4/h5-6,10-12,16H,7-9H2,1-4H3. The molecule has 0 spiro atoms. The third-order valence-corrected chi connectivity index (χ3v) is 6.42. The van der Waals surface area contributed by atoms with Crippen LogP contribution in [0.25, 0.3) is 0 Å². The first-order chi connectivity index (χ1) is 7.85. The van der Waals surface area contributed by atoms with Gasteiger partial charge in [0.15, 0.2) is 0 Å². The monoisotopic (exact) mass is 236 g/mol. The van der Waals surface area contributed by atoms with E-state index in [1.165, 1.54) is 12.8 Å². The highest BCUT2D eigenvalue weighted by molar-refractivity contribution is 5.29. The van der Waals surface area contributed by atoms with E-state index in [-0.39, 0.29) is 0 Å². The van der Waals surface area contributed by atoms with Crippen LogP contribution >= 0.6 is 0 Å². The largest absolute Gasteiger partial charge is 0.251 e. The minimum absolute atomic E-state index is 0.490. The van der Waals surface area contributed by atoms with Gasteiger partial charge < -0.3 is 0 Å². The Morgan fingerprint density at radius 2 is 1.88 bits per heavy atom. The summed E-state index contributed by atoms with van der Waals surface area (Å²) in [6.45, 7) is 8.72. The molecule has 0 aliphatic heterocycles. The molecule has 0 saturated heterocycles. The summed E-state index contributed by atoms with van der Waals surface area (Å²) in [5, 5.41) is 8.77. The Balaban J connectivity index is 1.71. The molecule has 2 nitrogen and oxygen atoms in total. The van der Waals surface area contributed by atoms with Gasteiger partial charge in [-0.25, -0.2) is 4.89 Å². The first-order valence-corrected chi connectivity index (χ1v) is 6.85. The number of hydrogen-bond donors (Lipinski definition) is 1. The molecule has 4 aliphatic carbocycles. The zero-order chi connectivity index (χ0) is 12.5. The molecule has 0 aromatic heterocycles. The SMILES string of the molecule is CC(C)(C=CCC1(C)C2CC3C(C2)C31C)OO. The third kappa shape index (κ3) is 1.29. The van der Waals surface area contributed by atoms with Crippen molar-refractivity contribution < 1.29 is 10.1 Å². The Hall–Kier alpha value is -0.340. The molecule has 0 radical (unpaired) electrons. The zero-order valence-electron chi connectivity index (χ0n) is 11.4. The predicted molar refractivity (Wildman–Crippen MR) is 67.5 cm³/mol. The Labute approximate surface area is 104 Å². The maximum atomic E-state index is 8.77. The summed E-state index contributed by atoms with van der Waals surface area (Å²) in [6, 6.07) is 0. The number of allylic oxidation sites excluding steroid dienone is 1. The Morgan fingerprint density at radius 3 is 2.29 bits per heavy atom. The van der Waals surface area contributed by atoms with Crippen LogP contribution in [0, 0.1) is 28.6 Å². The van der Waals surface area contributed by atoms with Crippen LogP contribution in [0.2, 0.25) is 0 Å². The van der Waals surface area contributed by atoms with Crippen LogP contribution in [0.15, 0.2) is 12.2 Å². The molecule has 96 valence electrons. The maximum Gasteiger partial charge on any atom is 0.116 e. The van der Waals surface area contributed by atoms with Crippen LogP contribution in [-0.4, -0.2) is 10.9 Å². The quantitative estimate of drug-likeness (QED) is 0.456. The van der Waals surface area contributed by atoms with Crippen molar-refractivity contribution in [2.24, 2.45) is 28.6 Å². The van der Waals surface area contributed by atoms with Crippen LogP contribution in [0.3, 0.4) is 0 Å². The van der Waals surface area contributed by atoms with Gasteiger partial charge in [0.2, 0.25) is 0 Å². The van der Waals surface area contributed by atoms with Crippen molar-refractivity contribution >= 4 is 0 Å². The molecule has 17 heavy (non-hydrogen) atoms. The Morgan fingerprint density at radius 1 is 1.29 bits per heavy atom. The zero-order valence-corrected chi connectivity index (χ0v) is 11.4. The van der Waals surface area contributed by atoms with E-state index in [1.807, 2.05) is 19.9 Å². The molecule has 0 aromatic rings. The lowest BCUT2D eigenvalue weighted by molar-refractivity contribution is -0.297. The lowest BCUT2D eigenvalue weighted by Crippen LogP contribution is -2.27. The first-order valence-electron chi connectivity index (χ1n) is 6.85. The van der Waals surface area contributed by atoms with Gasteiger partial charge in [-0.15, -0.1) is 0 Å². The van der Waals surface area contributed by atoms with E-state index in [0.717, 1.165) is 24.2 Å². The number of hydrogen-bond acceptors (Lipinski definition) is 2. The lowest BCUT2D eigenvalue weighted by Gasteiger charge is -2.33. The van der Waals surface area contributed by atoms with Crippen molar-refractivity contribution in [1.29, 1.82) is 0 Å². The summed E-state index contributed by atoms with van der Waals surface area (Å²) in [7, 11) is 0. The topological polar surface area (TPSA) is 29.5 Å². The smallest absolute Gasteiger partial charge is 0.116 e. The van der Waals surface area contributed by atoms with Crippen LogP contribution < -0.4 is 0 Å². The molecular formula is C15H24O2. The Kier molecular flexibility index (Phi) is 2.18. The molecular weight excluding hydrogens is 212 g/mol. The molecule has 4 rings (SSSR count). The highest BCUT2D eigenvalue weighted by Crippen LogP contribution is 2.86. The summed E-state index contributed by atoms with van der Waals surface area (Å²) in [6.07, 6.45) is 8.27. The fraction of sp³-hybridized carbons (Fsp3) is 0.867. The van der Waals surface area contributed by atoms with E-state index in [4.69, 9.17) is 5.26 Å². The van der Waals surface area contributed by atoms with Gasteiger partial charge in [-0.05, 0) is 61.7 Å². The van der Waals surface area contributed by atoms with E-state index in [9.17, 15) is 0 Å². The molecule has 3 unspecified atom stereocenters. The van der Waals surface area contributed by atoms with E-state index in [0.29, 0.717) is 10.8 Å². The van der Waals surface area contributed by atoms with Gasteiger partial charge in [0.05, 0.1) is 0 Å². The molecule has 3 atom stereocenters. The van der Waals surface area contributed by atoms with E-state index < -0.39 is 5.60 Å². The fourth-order valence-electron chi connectivity index (χ4n) is 5.04. The van der Waals surface area contributed by atoms with Crippen molar-refractivity contribution in [3.05, 3.63) is 12.2 Å². The van der Waals surface area contributed by atoms with Crippen LogP contribution in [-0.2, 0) is 4.89 Å². The maximum absolute atomic E-state index is 8.77. The fourth-order valence-corrected chi connectivity index (χ4v) is 5.04. The molecule has 0 aromatic carbocycles. The minimum Gasteiger partial charge on any atom is -0.251 e. The van der Waals surface area contributed by atoms with Gasteiger partial charge in [-0.1, -0.05) is 26.0 Å². The highest BCUT2D eigenvalue weighted by atomic mass is 17.1. The average Bonchev–Trinajstić information content (AvgIpc) is 2.63. The van der Waals surface area contributed by atoms with Crippen molar-refractivity contribution in [2.75, 3.05) is 0 Å². The normalized spacial score (nSPS) is 51.5. The van der Waals surface area contributed by atoms with Crippen LogP contribution in [0.1, 0.15) is 47.0 Å². The second-order valence-electron chi connectivity index (χ2n) is 7.38. The summed E-state index contributed by atoms with van der Waals surface area (Å²) >= 11 is 0. The highest BCUT2D eigenvalue weighted by Gasteiger charge is 2.80. The van der Waals surface area contributed by atoms with Crippen molar-refractivity contribution in [2.45, 2.75) is 52.6 Å². The van der Waals surface area contributed by atoms with E-state index in [1.54, 1.807) is 0 Å². The van der Waals surface area contributed by atoms with Gasteiger partial charge in [-0.2, -0.15) is 0 Å². The van der Waals surface area contributed by atoms with Gasteiger partial charge in [0.25, 0.3) is 0 Å². The van der Waals surface area contributed by atoms with Crippen molar-refractivity contribution in [3.63, 3.8) is 0 Å². The molecule has 1 N–H and O–H groups in total. The second kappa shape index (κ2) is 3.16. The molecule has 4 bridgehead atoms. The Bertz CT molecular complexity index is 359. The van der Waals surface area contributed by atoms with Gasteiger partial charge in [0, 0.05) is 0 Å². The lowest BCUT2D eigenvalue weighted by atomic mass is 9.71. The third-order valence-electron chi connectivity index (χ3n) is 6.42. The number of rotatable bonds is 4. The molecule has 4 aliphatic rings. The summed E-state index contributed by atoms with van der Waals surface area (Å²) < 4.78 is 0. The second-order valence-corrected chi connectivity index (χ2v) is 7.38. The van der Waals surface area contributed by atoms with Gasteiger partial charge in [-0.3, -0.25) is 5.26 Å². The van der Waals surface area contributed by atoms with E-state index in [2.05, 4.69) is 24.8 Å². The first kappa shape index (κ1) is 11.7. The molecule has 2 heteroatoms. The average molecular weight is 236 g/mol. The van der Waals surface area contributed by atoms with Crippen molar-refractivity contribution in [1.82, 2.24) is 0 Å². The summed E-state index contributed by atoms with van der Waals surface area (Å²) in [4.78, 5) is 4.45. The van der Waals surface area contributed by atoms with Gasteiger partial charge in [0.1, 0.15) is 5.60 Å². The molecule has 0 amide bonds. The van der Waals surface area contributed by atoms with Crippen LogP contribution in [0.5, 0.6) is 0 Å². The molecule has 4 saturated carbocycles. The summed E-state index contributed by atoms with van der Waals surface area (Å²) in [5.41, 5.74) is 0.554. The predicted octanol–water partition coefficient (Wildman–Crippen LogP) is 3.88. The minimum atomic E-state index is -0.554. The van der Waals surface area contributed by atoms with Crippen molar-refractivity contribution in [3.8, 4) is 0 Å². The summed E-state index contributed by atoms with van der Waals surface area (Å²) in [5.74, 6) is 2.98. The van der Waals surface area contributed by atoms with E-state index >= 15 is 0 Å².